The molecule has 2 rings (SSSR count). The number of halogens is 1. The Morgan fingerprint density at radius 2 is 1.95 bits per heavy atom. The van der Waals surface area contributed by atoms with E-state index >= 15 is 0 Å². The molecule has 0 fully saturated rings. The minimum absolute atomic E-state index is 0. The van der Waals surface area contributed by atoms with Gasteiger partial charge in [0.15, 0.2) is 18.2 Å². The van der Waals surface area contributed by atoms with E-state index in [2.05, 4.69) is 0 Å². The third-order valence-corrected chi connectivity index (χ3v) is 3.67. The highest BCUT2D eigenvalue weighted by molar-refractivity contribution is 7.12. The van der Waals surface area contributed by atoms with Gasteiger partial charge in [0, 0.05) is 6.07 Å². The molecule has 0 saturated heterocycles. The highest BCUT2D eigenvalue weighted by atomic mass is 79.9. The third-order valence-electron chi connectivity index (χ3n) is 2.76. The lowest BCUT2D eigenvalue weighted by molar-refractivity contribution is -0.683. The zero-order valence-electron chi connectivity index (χ0n) is 12.0. The number of carbonyl (C=O) groups excluding carboxylic acids is 2. The number of hydrogen-bond donors (Lipinski definition) is 0. The third kappa shape index (κ3) is 5.15. The van der Waals surface area contributed by atoms with Crippen molar-refractivity contribution in [2.45, 2.75) is 6.54 Å². The summed E-state index contributed by atoms with van der Waals surface area (Å²) in [5, 5.41) is 1.88. The van der Waals surface area contributed by atoms with E-state index in [1.807, 2.05) is 36.5 Å². The Morgan fingerprint density at radius 3 is 2.57 bits per heavy atom. The number of hydrogen-bond acceptors (Lipinski definition) is 4. The van der Waals surface area contributed by atoms with Crippen LogP contribution in [-0.4, -0.2) is 37.1 Å². The summed E-state index contributed by atoms with van der Waals surface area (Å²) in [7, 11) is 3.71. The van der Waals surface area contributed by atoms with Gasteiger partial charge in [-0.05, 0) is 31.6 Å². The molecule has 6 heteroatoms. The van der Waals surface area contributed by atoms with Gasteiger partial charge in [0.25, 0.3) is 0 Å². The number of ketones is 2. The number of pyridine rings is 1. The molecule has 112 valence electrons. The number of likely N-dealkylation sites (N-methyl/N-ethyl adjacent to an activating group) is 1. The fourth-order valence-corrected chi connectivity index (χ4v) is 2.50. The number of Topliss-reactive ketones (excluding diaryl/α,β-unsaturated/α-hetero) is 2. The molecule has 2 aromatic heterocycles. The first kappa shape index (κ1) is 17.7. The van der Waals surface area contributed by atoms with Gasteiger partial charge in [0.1, 0.15) is 0 Å². The molecule has 2 heterocycles. The summed E-state index contributed by atoms with van der Waals surface area (Å²) in [6.45, 7) is 0.618. The molecule has 0 bridgehead atoms. The zero-order chi connectivity index (χ0) is 14.5. The van der Waals surface area contributed by atoms with E-state index in [9.17, 15) is 9.59 Å². The molecule has 0 aliphatic rings. The lowest BCUT2D eigenvalue weighted by Crippen LogP contribution is -3.00. The maximum absolute atomic E-state index is 12.0. The standard InChI is InChI=1S/C15H17N2O2S.BrH/c1-16(2)10-13(18)12-5-3-7-17(9-12)11-14(19)15-6-4-8-20-15;/h3-9H,10-11H2,1-2H3;1H/q+1;/p-1. The molecule has 0 unspecified atom stereocenters. The first-order valence-electron chi connectivity index (χ1n) is 6.30. The van der Waals surface area contributed by atoms with Crippen molar-refractivity contribution >= 4 is 22.9 Å². The number of thiophene rings is 1. The Balaban J connectivity index is 0.00000220. The molecule has 2 aromatic rings. The normalized spacial score (nSPS) is 10.2. The van der Waals surface area contributed by atoms with Crippen molar-refractivity contribution in [3.63, 3.8) is 0 Å². The van der Waals surface area contributed by atoms with Crippen LogP contribution in [0.1, 0.15) is 20.0 Å². The van der Waals surface area contributed by atoms with Crippen molar-refractivity contribution < 1.29 is 31.1 Å². The Kier molecular flexibility index (Phi) is 6.87. The van der Waals surface area contributed by atoms with Crippen LogP contribution >= 0.6 is 11.3 Å². The summed E-state index contributed by atoms with van der Waals surface area (Å²) >= 11 is 1.43. The molecule has 0 aromatic carbocycles. The van der Waals surface area contributed by atoms with E-state index in [0.717, 1.165) is 4.88 Å². The molecule has 0 N–H and O–H groups in total. The quantitative estimate of drug-likeness (QED) is 0.468. The maximum Gasteiger partial charge on any atom is 0.237 e. The minimum atomic E-state index is 0. The summed E-state index contributed by atoms with van der Waals surface area (Å²) in [5.74, 6) is 0.107. The van der Waals surface area contributed by atoms with Crippen LogP contribution in [0.4, 0.5) is 0 Å². The van der Waals surface area contributed by atoms with Gasteiger partial charge in [-0.15, -0.1) is 11.3 Å². The van der Waals surface area contributed by atoms with E-state index < -0.39 is 0 Å². The molecule has 0 amide bonds. The first-order valence-corrected chi connectivity index (χ1v) is 7.18. The van der Waals surface area contributed by atoms with E-state index in [4.69, 9.17) is 0 Å². The summed E-state index contributed by atoms with van der Waals surface area (Å²) in [6, 6.07) is 7.25. The van der Waals surface area contributed by atoms with Crippen LogP contribution in [0.15, 0.2) is 42.0 Å². The van der Waals surface area contributed by atoms with Crippen LogP contribution in [0, 0.1) is 0 Å². The maximum atomic E-state index is 12.0. The average Bonchev–Trinajstić information content (AvgIpc) is 2.92. The van der Waals surface area contributed by atoms with Crippen LogP contribution in [0.5, 0.6) is 0 Å². The highest BCUT2D eigenvalue weighted by Crippen LogP contribution is 2.09. The van der Waals surface area contributed by atoms with E-state index in [0.29, 0.717) is 12.1 Å². The fourth-order valence-electron chi connectivity index (χ4n) is 1.84. The van der Waals surface area contributed by atoms with E-state index in [1.165, 1.54) is 11.3 Å². The molecule has 4 nitrogen and oxygen atoms in total. The largest absolute Gasteiger partial charge is 1.00 e. The fraction of sp³-hybridized carbons (Fsp3) is 0.267. The molecular weight excluding hydrogens is 352 g/mol. The van der Waals surface area contributed by atoms with Crippen molar-refractivity contribution in [3.8, 4) is 0 Å². The zero-order valence-corrected chi connectivity index (χ0v) is 14.4. The topological polar surface area (TPSA) is 41.3 Å². The smallest absolute Gasteiger partial charge is 0.237 e. The van der Waals surface area contributed by atoms with Crippen LogP contribution in [0.25, 0.3) is 0 Å². The van der Waals surface area contributed by atoms with Crippen molar-refractivity contribution in [2.24, 2.45) is 0 Å². The number of nitrogens with zero attached hydrogens (tertiary/aromatic N) is 2. The van der Waals surface area contributed by atoms with Gasteiger partial charge in [-0.2, -0.15) is 4.57 Å². The second-order valence-electron chi connectivity index (χ2n) is 4.83. The Morgan fingerprint density at radius 1 is 1.19 bits per heavy atom. The SMILES string of the molecule is CN(C)CC(=O)c1ccc[n+](CC(=O)c2cccs2)c1.[Br-]. The molecular formula is C15H17BrN2O2S. The lowest BCUT2D eigenvalue weighted by Gasteiger charge is -2.07. The second kappa shape index (κ2) is 8.17. The lowest BCUT2D eigenvalue weighted by atomic mass is 10.2. The van der Waals surface area contributed by atoms with Gasteiger partial charge >= 0.3 is 0 Å². The van der Waals surface area contributed by atoms with Crippen LogP contribution in [0.3, 0.4) is 0 Å². The number of aromatic nitrogens is 1. The molecule has 21 heavy (non-hydrogen) atoms. The number of rotatable bonds is 6. The van der Waals surface area contributed by atoms with Gasteiger partial charge in [-0.25, -0.2) is 0 Å². The molecule has 0 atom stereocenters. The summed E-state index contributed by atoms with van der Waals surface area (Å²) < 4.78 is 1.75. The Labute approximate surface area is 138 Å². The van der Waals surface area contributed by atoms with Crippen LogP contribution in [-0.2, 0) is 6.54 Å². The van der Waals surface area contributed by atoms with Crippen molar-refractivity contribution in [3.05, 3.63) is 52.5 Å². The van der Waals surface area contributed by atoms with Gasteiger partial charge in [0.2, 0.25) is 12.3 Å². The van der Waals surface area contributed by atoms with E-state index in [-0.39, 0.29) is 35.1 Å². The van der Waals surface area contributed by atoms with Crippen LogP contribution in [0.2, 0.25) is 0 Å². The van der Waals surface area contributed by atoms with E-state index in [1.54, 1.807) is 29.1 Å². The monoisotopic (exact) mass is 368 g/mol. The summed E-state index contributed by atoms with van der Waals surface area (Å²) in [4.78, 5) is 26.6. The van der Waals surface area contributed by atoms with Gasteiger partial charge in [-0.3, -0.25) is 9.59 Å². The summed E-state index contributed by atoms with van der Waals surface area (Å²) in [5.41, 5.74) is 0.625. The molecule has 0 aliphatic heterocycles. The first-order chi connectivity index (χ1) is 9.56. The minimum Gasteiger partial charge on any atom is -1.00 e. The van der Waals surface area contributed by atoms with Crippen molar-refractivity contribution in [2.75, 3.05) is 20.6 Å². The molecule has 0 radical (unpaired) electrons. The molecule has 0 spiro atoms. The summed E-state index contributed by atoms with van der Waals surface area (Å²) in [6.07, 6.45) is 3.54. The predicted molar refractivity (Wildman–Crippen MR) is 78.2 cm³/mol. The van der Waals surface area contributed by atoms with Crippen LogP contribution < -0.4 is 21.5 Å². The van der Waals surface area contributed by atoms with Gasteiger partial charge in [-0.1, -0.05) is 6.07 Å². The Hall–Kier alpha value is -1.37. The molecule has 0 saturated carbocycles. The predicted octanol–water partition coefficient (Wildman–Crippen LogP) is -1.33. The average molecular weight is 369 g/mol. The Bertz CT molecular complexity index is 612. The highest BCUT2D eigenvalue weighted by Gasteiger charge is 2.15. The van der Waals surface area contributed by atoms with Gasteiger partial charge in [0.05, 0.1) is 17.0 Å². The van der Waals surface area contributed by atoms with Crippen molar-refractivity contribution in [1.29, 1.82) is 0 Å². The van der Waals surface area contributed by atoms with Gasteiger partial charge < -0.3 is 21.9 Å². The van der Waals surface area contributed by atoms with Crippen molar-refractivity contribution in [1.82, 2.24) is 4.90 Å². The number of carbonyl (C=O) groups is 2. The molecule has 0 aliphatic carbocycles. The second-order valence-corrected chi connectivity index (χ2v) is 5.77.